The molecule has 0 bridgehead atoms. The monoisotopic (exact) mass is 379 g/mol. The number of piperidine rings is 1. The van der Waals surface area contributed by atoms with Gasteiger partial charge in [-0.1, -0.05) is 12.8 Å². The molecule has 0 aromatic rings. The molecule has 3 aliphatic rings. The van der Waals surface area contributed by atoms with Gasteiger partial charge in [0, 0.05) is 44.2 Å². The second-order valence-electron chi connectivity index (χ2n) is 8.69. The zero-order valence-corrected chi connectivity index (χ0v) is 16.2. The van der Waals surface area contributed by atoms with Crippen molar-refractivity contribution in [2.24, 2.45) is 23.5 Å². The first-order valence-corrected chi connectivity index (χ1v) is 10.6. The van der Waals surface area contributed by atoms with E-state index in [1.54, 1.807) is 0 Å². The number of carboxylic acids is 1. The lowest BCUT2D eigenvalue weighted by Crippen LogP contribution is -3.15. The Morgan fingerprint density at radius 2 is 1.78 bits per heavy atom. The third kappa shape index (κ3) is 5.00. The highest BCUT2D eigenvalue weighted by molar-refractivity contribution is 5.79. The normalized spacial score (nSPS) is 31.9. The van der Waals surface area contributed by atoms with Crippen molar-refractivity contribution in [3.05, 3.63) is 0 Å². The van der Waals surface area contributed by atoms with Crippen LogP contribution in [0.15, 0.2) is 0 Å². The SMILES string of the molecule is NC(=O)[C@@H]1CCC[NH+]1CC[C@H]1CN(C(=O)C2CCCC2)CC[C@H]1CC(=O)[O-]. The molecule has 3 rings (SSSR count). The lowest BCUT2D eigenvalue weighted by atomic mass is 9.80. The molecular formula is C20H33N3O4. The van der Waals surface area contributed by atoms with E-state index in [0.29, 0.717) is 13.1 Å². The second-order valence-corrected chi connectivity index (χ2v) is 8.69. The number of primary amides is 1. The number of hydrogen-bond donors (Lipinski definition) is 2. The molecule has 3 N–H and O–H groups in total. The molecule has 2 aliphatic heterocycles. The highest BCUT2D eigenvalue weighted by Gasteiger charge is 2.37. The Morgan fingerprint density at radius 1 is 1.04 bits per heavy atom. The number of carbonyl (C=O) groups is 3. The number of quaternary nitrogens is 1. The number of likely N-dealkylation sites (tertiary alicyclic amines) is 2. The van der Waals surface area contributed by atoms with E-state index < -0.39 is 5.97 Å². The summed E-state index contributed by atoms with van der Waals surface area (Å²) in [5.74, 6) is -0.625. The molecule has 4 atom stereocenters. The van der Waals surface area contributed by atoms with Crippen molar-refractivity contribution in [3.8, 4) is 0 Å². The molecule has 2 saturated heterocycles. The molecule has 7 nitrogen and oxygen atoms in total. The van der Waals surface area contributed by atoms with E-state index in [-0.39, 0.29) is 42.0 Å². The van der Waals surface area contributed by atoms with E-state index in [1.807, 2.05) is 4.90 Å². The van der Waals surface area contributed by atoms with Crippen LogP contribution in [0.4, 0.5) is 0 Å². The van der Waals surface area contributed by atoms with Gasteiger partial charge < -0.3 is 25.4 Å². The quantitative estimate of drug-likeness (QED) is 0.573. The van der Waals surface area contributed by atoms with Crippen molar-refractivity contribution in [2.45, 2.75) is 63.8 Å². The predicted molar refractivity (Wildman–Crippen MR) is 97.3 cm³/mol. The maximum Gasteiger partial charge on any atom is 0.275 e. The van der Waals surface area contributed by atoms with Crippen LogP contribution in [0.1, 0.15) is 57.8 Å². The molecule has 1 unspecified atom stereocenters. The molecule has 2 amide bonds. The van der Waals surface area contributed by atoms with Crippen molar-refractivity contribution in [1.29, 1.82) is 0 Å². The topological polar surface area (TPSA) is 108 Å². The Bertz CT molecular complexity index is 561. The first-order valence-electron chi connectivity index (χ1n) is 10.6. The Kier molecular flexibility index (Phi) is 6.73. The van der Waals surface area contributed by atoms with Gasteiger partial charge >= 0.3 is 0 Å². The summed E-state index contributed by atoms with van der Waals surface area (Å²) in [5, 5.41) is 11.2. The third-order valence-electron chi connectivity index (χ3n) is 7.00. The number of carboxylic acid groups (broad SMARTS) is 1. The summed E-state index contributed by atoms with van der Waals surface area (Å²) in [7, 11) is 0. The van der Waals surface area contributed by atoms with E-state index in [2.05, 4.69) is 0 Å². The molecule has 2 heterocycles. The summed E-state index contributed by atoms with van der Waals surface area (Å²) in [5.41, 5.74) is 5.52. The van der Waals surface area contributed by atoms with Gasteiger partial charge in [-0.2, -0.15) is 0 Å². The van der Waals surface area contributed by atoms with Crippen LogP contribution in [0.3, 0.4) is 0 Å². The minimum absolute atomic E-state index is 0.0525. The van der Waals surface area contributed by atoms with Crippen molar-refractivity contribution >= 4 is 17.8 Å². The minimum Gasteiger partial charge on any atom is -0.550 e. The van der Waals surface area contributed by atoms with Gasteiger partial charge in [0.2, 0.25) is 5.91 Å². The summed E-state index contributed by atoms with van der Waals surface area (Å²) in [6, 6.07) is -0.121. The number of nitrogens with one attached hydrogen (secondary N) is 1. The molecule has 7 heteroatoms. The van der Waals surface area contributed by atoms with E-state index in [1.165, 1.54) is 4.90 Å². The number of amides is 2. The van der Waals surface area contributed by atoms with E-state index in [0.717, 1.165) is 64.5 Å². The fraction of sp³-hybridized carbons (Fsp3) is 0.850. The highest BCUT2D eigenvalue weighted by Crippen LogP contribution is 2.32. The Morgan fingerprint density at radius 3 is 2.44 bits per heavy atom. The fourth-order valence-electron chi connectivity index (χ4n) is 5.45. The van der Waals surface area contributed by atoms with Gasteiger partial charge in [-0.05, 0) is 37.5 Å². The Hall–Kier alpha value is -1.63. The van der Waals surface area contributed by atoms with E-state index >= 15 is 0 Å². The summed E-state index contributed by atoms with van der Waals surface area (Å²) in [6.07, 6.45) is 7.69. The average Bonchev–Trinajstić information content (AvgIpc) is 3.31. The van der Waals surface area contributed by atoms with Gasteiger partial charge in [0.25, 0.3) is 5.91 Å². The fourth-order valence-corrected chi connectivity index (χ4v) is 5.45. The van der Waals surface area contributed by atoms with Crippen molar-refractivity contribution in [2.75, 3.05) is 26.2 Å². The molecule has 0 spiro atoms. The van der Waals surface area contributed by atoms with Gasteiger partial charge in [-0.25, -0.2) is 0 Å². The smallest absolute Gasteiger partial charge is 0.275 e. The number of nitrogens with zero attached hydrogens (tertiary/aromatic N) is 1. The number of nitrogens with two attached hydrogens (primary N) is 1. The largest absolute Gasteiger partial charge is 0.550 e. The standard InChI is InChI=1S/C20H33N3O4/c21-19(26)17-6-3-9-22(17)10-8-16-13-23(11-7-15(16)12-18(24)25)20(27)14-4-1-2-5-14/h14-17H,1-13H2,(H2,21,26)(H,24,25)/t15-,16-,17-/m0/s1. The molecule has 0 aromatic heterocycles. The van der Waals surface area contributed by atoms with Gasteiger partial charge in [0.1, 0.15) is 0 Å². The number of carbonyl (C=O) groups excluding carboxylic acids is 3. The van der Waals surface area contributed by atoms with Crippen LogP contribution in [0.25, 0.3) is 0 Å². The molecule has 3 fully saturated rings. The highest BCUT2D eigenvalue weighted by atomic mass is 16.4. The van der Waals surface area contributed by atoms with E-state index in [4.69, 9.17) is 5.73 Å². The average molecular weight is 380 g/mol. The lowest BCUT2D eigenvalue weighted by molar-refractivity contribution is -0.903. The molecule has 1 saturated carbocycles. The van der Waals surface area contributed by atoms with Gasteiger partial charge in [-0.3, -0.25) is 9.59 Å². The molecule has 152 valence electrons. The maximum atomic E-state index is 12.8. The van der Waals surface area contributed by atoms with Crippen molar-refractivity contribution < 1.29 is 24.4 Å². The number of aliphatic carboxylic acids is 1. The zero-order chi connectivity index (χ0) is 19.4. The molecule has 0 radical (unpaired) electrons. The number of rotatable bonds is 7. The molecule has 0 aromatic carbocycles. The predicted octanol–water partition coefficient (Wildman–Crippen LogP) is -1.30. The number of hydrogen-bond acceptors (Lipinski definition) is 4. The van der Waals surface area contributed by atoms with Crippen LogP contribution in [-0.2, 0) is 14.4 Å². The Balaban J connectivity index is 1.60. The Labute approximate surface area is 161 Å². The molecule has 1 aliphatic carbocycles. The maximum absolute atomic E-state index is 12.8. The summed E-state index contributed by atoms with van der Waals surface area (Å²) in [4.78, 5) is 38.8. The zero-order valence-electron chi connectivity index (χ0n) is 16.2. The van der Waals surface area contributed by atoms with Crippen LogP contribution in [0, 0.1) is 17.8 Å². The van der Waals surface area contributed by atoms with Crippen molar-refractivity contribution in [1.82, 2.24) is 4.90 Å². The lowest BCUT2D eigenvalue weighted by Gasteiger charge is -2.40. The van der Waals surface area contributed by atoms with Gasteiger partial charge in [0.15, 0.2) is 6.04 Å². The van der Waals surface area contributed by atoms with Crippen LogP contribution >= 0.6 is 0 Å². The third-order valence-corrected chi connectivity index (χ3v) is 7.00. The first kappa shape index (κ1) is 20.1. The summed E-state index contributed by atoms with van der Waals surface area (Å²) < 4.78 is 0. The summed E-state index contributed by atoms with van der Waals surface area (Å²) >= 11 is 0. The van der Waals surface area contributed by atoms with Crippen LogP contribution in [0.2, 0.25) is 0 Å². The van der Waals surface area contributed by atoms with Gasteiger partial charge in [0.05, 0.1) is 13.1 Å². The minimum atomic E-state index is -1.01. The van der Waals surface area contributed by atoms with Crippen LogP contribution in [-0.4, -0.2) is 54.9 Å². The van der Waals surface area contributed by atoms with Gasteiger partial charge in [-0.15, -0.1) is 0 Å². The second kappa shape index (κ2) is 9.04. The first-order chi connectivity index (χ1) is 13.0. The van der Waals surface area contributed by atoms with E-state index in [9.17, 15) is 19.5 Å². The molecular weight excluding hydrogens is 346 g/mol. The van der Waals surface area contributed by atoms with Crippen LogP contribution < -0.4 is 15.7 Å². The summed E-state index contributed by atoms with van der Waals surface area (Å²) in [6.45, 7) is 3.05. The van der Waals surface area contributed by atoms with Crippen molar-refractivity contribution in [3.63, 3.8) is 0 Å². The molecule has 27 heavy (non-hydrogen) atoms. The van der Waals surface area contributed by atoms with Crippen LogP contribution in [0.5, 0.6) is 0 Å².